The van der Waals surface area contributed by atoms with Crippen LogP contribution in [0.1, 0.15) is 11.1 Å². The summed E-state index contributed by atoms with van der Waals surface area (Å²) in [6.07, 6.45) is -1.43. The Balaban J connectivity index is 2.10. The van der Waals surface area contributed by atoms with Gasteiger partial charge < -0.3 is 16.7 Å². The molecule has 0 saturated carbocycles. The molecule has 0 heterocycles. The van der Waals surface area contributed by atoms with E-state index in [0.717, 1.165) is 24.3 Å². The number of hydrogen-bond donors (Lipinski definition) is 0. The third kappa shape index (κ3) is 8.53. The molecule has 4 rings (SSSR count). The normalized spacial score (nSPS) is 14.0. The first kappa shape index (κ1) is 41.3. The van der Waals surface area contributed by atoms with Gasteiger partial charge in [-0.1, -0.05) is 24.3 Å². The highest BCUT2D eigenvalue weighted by Gasteiger charge is 2.51. The molecule has 292 valence electrons. The zero-order chi connectivity index (χ0) is 40.4. The maximum absolute atomic E-state index is 13.3. The van der Waals surface area contributed by atoms with Crippen LogP contribution < -0.4 is 16.7 Å². The predicted molar refractivity (Wildman–Crippen MR) is 153 cm³/mol. The molecule has 0 aliphatic rings. The summed E-state index contributed by atoms with van der Waals surface area (Å²) in [5.41, 5.74) is -26.6. The lowest BCUT2D eigenvalue weighted by atomic mass is 9.93. The van der Waals surface area contributed by atoms with Crippen LogP contribution in [0.3, 0.4) is 0 Å². The van der Waals surface area contributed by atoms with Gasteiger partial charge in [0.05, 0.1) is 0 Å². The fourth-order valence-electron chi connectivity index (χ4n) is 4.16. The van der Waals surface area contributed by atoms with Crippen molar-refractivity contribution in [2.24, 2.45) is 0 Å². The Morgan fingerprint density at radius 2 is 0.660 bits per heavy atom. The SMILES string of the molecule is O=S(=O)(Oc1ccc2ccc(OS(=O)(=O)C(F)(F)F)c(Cc3c(OS(=O)(=O)C(F)(F)F)ccc4ccc(OS(=O)(=O)C(F)(F)F)cc34)c2c1)C(F)(F)F. The quantitative estimate of drug-likeness (QED) is 0.0965. The molecule has 0 N–H and O–H groups in total. The molecule has 0 aromatic heterocycles. The minimum atomic E-state index is -6.68. The van der Waals surface area contributed by atoms with Gasteiger partial charge in [0, 0.05) is 17.5 Å². The van der Waals surface area contributed by atoms with Crippen LogP contribution >= 0.6 is 0 Å². The first-order chi connectivity index (χ1) is 23.8. The summed E-state index contributed by atoms with van der Waals surface area (Å²) in [5.74, 6) is -5.37. The van der Waals surface area contributed by atoms with Gasteiger partial charge in [-0.05, 0) is 57.9 Å². The fourth-order valence-corrected chi connectivity index (χ4v) is 6.04. The van der Waals surface area contributed by atoms with Gasteiger partial charge >= 0.3 is 62.5 Å². The molecular weight excluding hydrogens is 849 g/mol. The van der Waals surface area contributed by atoms with Crippen molar-refractivity contribution in [1.82, 2.24) is 0 Å². The maximum atomic E-state index is 13.3. The van der Waals surface area contributed by atoms with Gasteiger partial charge in [0.15, 0.2) is 0 Å². The molecule has 0 amide bonds. The van der Waals surface area contributed by atoms with E-state index in [2.05, 4.69) is 16.7 Å². The molecule has 28 heteroatoms. The summed E-state index contributed by atoms with van der Waals surface area (Å²) < 4.78 is 269. The number of fused-ring (bicyclic) bond motifs is 2. The monoisotopic (exact) mass is 860 g/mol. The van der Waals surface area contributed by atoms with Crippen LogP contribution in [0.15, 0.2) is 60.7 Å². The summed E-state index contributed by atoms with van der Waals surface area (Å²) >= 11 is 0. The number of alkyl halides is 12. The van der Waals surface area contributed by atoms with Crippen molar-refractivity contribution < 1.29 is 103 Å². The van der Waals surface area contributed by atoms with Crippen molar-refractivity contribution in [2.75, 3.05) is 0 Å². The van der Waals surface area contributed by atoms with E-state index >= 15 is 0 Å². The molecule has 0 atom stereocenters. The van der Waals surface area contributed by atoms with E-state index in [1.54, 1.807) is 0 Å². The number of rotatable bonds is 10. The highest BCUT2D eigenvalue weighted by atomic mass is 32.2. The van der Waals surface area contributed by atoms with E-state index in [9.17, 15) is 86.4 Å². The lowest BCUT2D eigenvalue weighted by molar-refractivity contribution is -0.0504. The third-order valence-corrected chi connectivity index (χ3v) is 10.3. The smallest absolute Gasteiger partial charge is 0.376 e. The van der Waals surface area contributed by atoms with E-state index < -0.39 is 114 Å². The minimum Gasteiger partial charge on any atom is -0.376 e. The lowest BCUT2D eigenvalue weighted by Crippen LogP contribution is -2.29. The third-order valence-electron chi connectivity index (χ3n) is 6.42. The Hall–Kier alpha value is -4.44. The molecule has 0 bridgehead atoms. The summed E-state index contributed by atoms with van der Waals surface area (Å²) in [5, 5.41) is -2.19. The number of hydrogen-bond acceptors (Lipinski definition) is 12. The van der Waals surface area contributed by atoms with Gasteiger partial charge in [0.25, 0.3) is 0 Å². The number of halogens is 12. The maximum Gasteiger partial charge on any atom is 0.534 e. The zero-order valence-electron chi connectivity index (χ0n) is 24.5. The van der Waals surface area contributed by atoms with Crippen LogP contribution in [0.5, 0.6) is 23.0 Å². The average Bonchev–Trinajstić information content (AvgIpc) is 2.96. The van der Waals surface area contributed by atoms with Crippen LogP contribution in [0, 0.1) is 0 Å². The molecule has 0 unspecified atom stereocenters. The predicted octanol–water partition coefficient (Wildman–Crippen LogP) is 6.50. The molecule has 0 aliphatic carbocycles. The molecule has 0 spiro atoms. The highest BCUT2D eigenvalue weighted by Crippen LogP contribution is 2.42. The first-order valence-electron chi connectivity index (χ1n) is 12.9. The second kappa shape index (κ2) is 13.1. The molecule has 4 aromatic carbocycles. The van der Waals surface area contributed by atoms with Gasteiger partial charge in [0.1, 0.15) is 23.0 Å². The molecular formula is C25H12F12O12S4. The van der Waals surface area contributed by atoms with Crippen molar-refractivity contribution in [2.45, 2.75) is 28.5 Å². The van der Waals surface area contributed by atoms with E-state index in [0.29, 0.717) is 36.4 Å². The lowest BCUT2D eigenvalue weighted by Gasteiger charge is -2.19. The molecule has 0 saturated heterocycles. The standard InChI is InChI=1S/C25H12F12O12S4/c26-22(27,28)50(38,39)46-14-5-1-12-3-7-20(48-52(42,43)24(32,33)34)18(16(12)9-14)11-19-17-10-15(47-51(40,41)23(29,30)31)6-2-13(17)4-8-21(19)49-53(44,45)25(35,36)37/h1-10H,11H2. The fraction of sp³-hybridized carbons (Fsp3) is 0.200. The van der Waals surface area contributed by atoms with Crippen LogP contribution in [0.4, 0.5) is 52.7 Å². The molecule has 53 heavy (non-hydrogen) atoms. The van der Waals surface area contributed by atoms with Gasteiger partial charge in [-0.3, -0.25) is 0 Å². The summed E-state index contributed by atoms with van der Waals surface area (Å²) in [6, 6.07) is 5.79. The Labute approximate surface area is 287 Å². The van der Waals surface area contributed by atoms with Gasteiger partial charge in [-0.2, -0.15) is 86.4 Å². The van der Waals surface area contributed by atoms with E-state index in [1.165, 1.54) is 0 Å². The van der Waals surface area contributed by atoms with Crippen molar-refractivity contribution in [3.63, 3.8) is 0 Å². The highest BCUT2D eigenvalue weighted by molar-refractivity contribution is 7.88. The Morgan fingerprint density at radius 1 is 0.396 bits per heavy atom. The van der Waals surface area contributed by atoms with E-state index in [4.69, 9.17) is 0 Å². The van der Waals surface area contributed by atoms with Crippen LogP contribution in [-0.4, -0.2) is 55.7 Å². The summed E-state index contributed by atoms with van der Waals surface area (Å²) in [7, 11) is -26.3. The molecule has 0 fully saturated rings. The van der Waals surface area contributed by atoms with Crippen LogP contribution in [0.2, 0.25) is 0 Å². The van der Waals surface area contributed by atoms with Gasteiger partial charge in [0.2, 0.25) is 0 Å². The van der Waals surface area contributed by atoms with Crippen molar-refractivity contribution in [3.8, 4) is 23.0 Å². The largest absolute Gasteiger partial charge is 0.534 e. The van der Waals surface area contributed by atoms with Crippen LogP contribution in [-0.2, 0) is 46.9 Å². The molecule has 4 aromatic rings. The Bertz CT molecular complexity index is 2360. The molecule has 0 aliphatic heterocycles. The second-order valence-corrected chi connectivity index (χ2v) is 16.1. The Kier molecular flexibility index (Phi) is 10.2. The summed E-state index contributed by atoms with van der Waals surface area (Å²) in [4.78, 5) is 0. The van der Waals surface area contributed by atoms with Gasteiger partial charge in [-0.25, -0.2) is 0 Å². The number of benzene rings is 4. The van der Waals surface area contributed by atoms with Crippen molar-refractivity contribution in [1.29, 1.82) is 0 Å². The van der Waals surface area contributed by atoms with Crippen LogP contribution in [0.25, 0.3) is 21.5 Å². The summed E-state index contributed by atoms with van der Waals surface area (Å²) in [6.45, 7) is 0. The van der Waals surface area contributed by atoms with E-state index in [-0.39, 0.29) is 10.8 Å². The van der Waals surface area contributed by atoms with Crippen molar-refractivity contribution in [3.05, 3.63) is 71.8 Å². The minimum absolute atomic E-state index is 0.320. The van der Waals surface area contributed by atoms with E-state index in [1.807, 2.05) is 0 Å². The van der Waals surface area contributed by atoms with Gasteiger partial charge in [-0.15, -0.1) is 0 Å². The molecule has 12 nitrogen and oxygen atoms in total. The van der Waals surface area contributed by atoms with Crippen molar-refractivity contribution >= 4 is 62.0 Å². The molecule has 0 radical (unpaired) electrons. The topological polar surface area (TPSA) is 173 Å². The zero-order valence-corrected chi connectivity index (χ0v) is 27.8. The Morgan fingerprint density at radius 3 is 0.943 bits per heavy atom. The second-order valence-electron chi connectivity index (χ2n) is 9.96. The first-order valence-corrected chi connectivity index (χ1v) is 18.5. The average molecular weight is 861 g/mol.